The standard InChI is InChI=1S/C19H17N3O2S3Si/c1-24-18-7-4-15(5-8-18)19-9-6-17(23)11-16(19)3-2-10-28(20-12-25,21-13-26)22-14-27/h4-9,11,23H,2-3,10H2,1H3. The van der Waals surface area contributed by atoms with E-state index >= 15 is 0 Å². The van der Waals surface area contributed by atoms with E-state index in [0.717, 1.165) is 22.4 Å². The molecule has 0 heterocycles. The Bertz CT molecular complexity index is 933. The third-order valence-corrected chi connectivity index (χ3v) is 7.32. The van der Waals surface area contributed by atoms with Crippen molar-refractivity contribution in [2.24, 2.45) is 14.0 Å². The summed E-state index contributed by atoms with van der Waals surface area (Å²) in [7, 11) is -1.29. The van der Waals surface area contributed by atoms with E-state index in [9.17, 15) is 5.11 Å². The van der Waals surface area contributed by atoms with Gasteiger partial charge in [0, 0.05) is 6.04 Å². The van der Waals surface area contributed by atoms with Crippen LogP contribution in [0.2, 0.25) is 6.04 Å². The van der Waals surface area contributed by atoms with Gasteiger partial charge in [0.15, 0.2) is 0 Å². The van der Waals surface area contributed by atoms with Crippen LogP contribution in [0.1, 0.15) is 12.0 Å². The van der Waals surface area contributed by atoms with Crippen molar-refractivity contribution in [2.45, 2.75) is 18.9 Å². The van der Waals surface area contributed by atoms with Gasteiger partial charge in [-0.15, -0.1) is 0 Å². The topological polar surface area (TPSA) is 66.5 Å². The van der Waals surface area contributed by atoms with E-state index in [1.165, 1.54) is 0 Å². The fourth-order valence-electron chi connectivity index (χ4n) is 2.82. The molecule has 142 valence electrons. The first kappa shape index (κ1) is 22.0. The van der Waals surface area contributed by atoms with Gasteiger partial charge >= 0.3 is 8.56 Å². The number of aromatic hydroxyl groups is 1. The van der Waals surface area contributed by atoms with Crippen LogP contribution < -0.4 is 4.74 Å². The van der Waals surface area contributed by atoms with Gasteiger partial charge in [0.25, 0.3) is 0 Å². The molecule has 0 unspecified atom stereocenters. The maximum Gasteiger partial charge on any atom is 0.461 e. The third kappa shape index (κ3) is 5.83. The normalized spacial score (nSPS) is 11.9. The van der Waals surface area contributed by atoms with E-state index in [-0.39, 0.29) is 5.75 Å². The molecule has 1 N–H and O–H groups in total. The predicted octanol–water partition coefficient (Wildman–Crippen LogP) is 5.25. The van der Waals surface area contributed by atoms with Gasteiger partial charge in [-0.25, -0.2) is 14.0 Å². The van der Waals surface area contributed by atoms with Crippen LogP contribution in [0.3, 0.4) is 0 Å². The van der Waals surface area contributed by atoms with Crippen molar-refractivity contribution in [3.05, 3.63) is 48.0 Å². The van der Waals surface area contributed by atoms with Gasteiger partial charge in [0.1, 0.15) is 11.5 Å². The Labute approximate surface area is 180 Å². The number of thiocarbonyl (C=S) groups is 3. The van der Waals surface area contributed by atoms with Gasteiger partial charge in [-0.05, 0) is 90.5 Å². The molecule has 0 spiro atoms. The highest BCUT2D eigenvalue weighted by Gasteiger charge is 2.33. The number of isothiocyanates is 3. The zero-order valence-corrected chi connectivity index (χ0v) is 18.5. The van der Waals surface area contributed by atoms with Crippen molar-refractivity contribution in [1.29, 1.82) is 0 Å². The molecule has 2 aromatic carbocycles. The summed E-state index contributed by atoms with van der Waals surface area (Å²) in [4.78, 5) is 0. The largest absolute Gasteiger partial charge is 0.508 e. The summed E-state index contributed by atoms with van der Waals surface area (Å²) in [6.07, 6.45) is 1.37. The lowest BCUT2D eigenvalue weighted by atomic mass is 9.96. The van der Waals surface area contributed by atoms with Crippen molar-refractivity contribution in [3.63, 3.8) is 0 Å². The number of aryl methyl sites for hydroxylation is 1. The van der Waals surface area contributed by atoms with E-state index in [2.05, 4.69) is 29.5 Å². The summed E-state index contributed by atoms with van der Waals surface area (Å²) < 4.78 is 17.6. The van der Waals surface area contributed by atoms with E-state index < -0.39 is 8.56 Å². The fourth-order valence-corrected chi connectivity index (χ4v) is 5.71. The number of methoxy groups -OCH3 is 1. The molecule has 0 amide bonds. The SMILES string of the molecule is COc1ccc(-c2ccc(O)cc2CCC[Si](N=C=S)(N=C=S)N=C=S)cc1. The molecular formula is C19H17N3O2S3Si. The van der Waals surface area contributed by atoms with E-state index in [4.69, 9.17) is 41.4 Å². The molecule has 0 aliphatic rings. The molecule has 28 heavy (non-hydrogen) atoms. The Morgan fingerprint density at radius 3 is 2.11 bits per heavy atom. The van der Waals surface area contributed by atoms with Crippen LogP contribution in [-0.2, 0) is 6.42 Å². The molecule has 0 fully saturated rings. The molecule has 0 radical (unpaired) electrons. The summed E-state index contributed by atoms with van der Waals surface area (Å²) in [5.74, 6) is 0.996. The van der Waals surface area contributed by atoms with Gasteiger partial charge in [-0.1, -0.05) is 18.2 Å². The molecule has 5 nitrogen and oxygen atoms in total. The second-order valence-corrected chi connectivity index (χ2v) is 9.07. The molecule has 0 aromatic heterocycles. The van der Waals surface area contributed by atoms with Gasteiger partial charge < -0.3 is 9.84 Å². The quantitative estimate of drug-likeness (QED) is 0.326. The molecule has 2 rings (SSSR count). The second-order valence-electron chi connectivity index (χ2n) is 5.81. The van der Waals surface area contributed by atoms with Gasteiger partial charge in [0.05, 0.1) is 22.6 Å². The van der Waals surface area contributed by atoms with Crippen LogP contribution in [0, 0.1) is 0 Å². The minimum Gasteiger partial charge on any atom is -0.508 e. The van der Waals surface area contributed by atoms with Crippen molar-refractivity contribution in [2.75, 3.05) is 7.11 Å². The molecular weight excluding hydrogens is 427 g/mol. The van der Waals surface area contributed by atoms with Crippen molar-refractivity contribution in [3.8, 4) is 22.6 Å². The Morgan fingerprint density at radius 1 is 0.964 bits per heavy atom. The Kier molecular flexibility index (Phi) is 8.51. The Morgan fingerprint density at radius 2 is 1.57 bits per heavy atom. The van der Waals surface area contributed by atoms with Crippen LogP contribution in [0.25, 0.3) is 11.1 Å². The smallest absolute Gasteiger partial charge is 0.461 e. The van der Waals surface area contributed by atoms with Crippen LogP contribution in [-0.4, -0.2) is 36.3 Å². The number of nitrogens with zero attached hydrogens (tertiary/aromatic N) is 3. The molecule has 0 atom stereocenters. The number of phenolic OH excluding ortho intramolecular Hbond substituents is 1. The van der Waals surface area contributed by atoms with E-state index in [0.29, 0.717) is 18.9 Å². The predicted molar refractivity (Wildman–Crippen MR) is 124 cm³/mol. The number of ether oxygens (including phenoxy) is 1. The monoisotopic (exact) mass is 443 g/mol. The molecule has 9 heteroatoms. The van der Waals surface area contributed by atoms with Crippen LogP contribution >= 0.6 is 36.7 Å². The zero-order chi connectivity index (χ0) is 20.4. The lowest BCUT2D eigenvalue weighted by molar-refractivity contribution is 0.415. The van der Waals surface area contributed by atoms with Crippen LogP contribution in [0.15, 0.2) is 56.4 Å². The van der Waals surface area contributed by atoms with Gasteiger partial charge in [-0.3, -0.25) is 0 Å². The van der Waals surface area contributed by atoms with Crippen molar-refractivity contribution < 1.29 is 9.84 Å². The number of phenols is 1. The highest BCUT2D eigenvalue weighted by atomic mass is 32.1. The molecule has 0 aliphatic carbocycles. The summed E-state index contributed by atoms with van der Waals surface area (Å²) >= 11 is 14.2. The zero-order valence-electron chi connectivity index (χ0n) is 15.1. The highest BCUT2D eigenvalue weighted by Crippen LogP contribution is 2.30. The van der Waals surface area contributed by atoms with E-state index in [1.54, 1.807) is 19.2 Å². The van der Waals surface area contributed by atoms with Gasteiger partial charge in [-0.2, -0.15) is 0 Å². The average molecular weight is 444 g/mol. The summed E-state index contributed by atoms with van der Waals surface area (Å²) in [6.45, 7) is 0. The molecule has 2 aromatic rings. The summed E-state index contributed by atoms with van der Waals surface area (Å²) in [5.41, 5.74) is 3.06. The molecule has 0 bridgehead atoms. The maximum atomic E-state index is 9.94. The Balaban J connectivity index is 2.28. The lowest BCUT2D eigenvalue weighted by Crippen LogP contribution is -2.27. The highest BCUT2D eigenvalue weighted by molar-refractivity contribution is 7.78. The first-order valence-corrected chi connectivity index (χ1v) is 11.6. The second kappa shape index (κ2) is 10.9. The minimum atomic E-state index is -2.92. The van der Waals surface area contributed by atoms with Gasteiger partial charge in [0.2, 0.25) is 0 Å². The lowest BCUT2D eigenvalue weighted by Gasteiger charge is -2.14. The number of hydrogen-bond donors (Lipinski definition) is 1. The number of benzene rings is 2. The minimum absolute atomic E-state index is 0.210. The average Bonchev–Trinajstić information content (AvgIpc) is 2.69. The van der Waals surface area contributed by atoms with Crippen LogP contribution in [0.4, 0.5) is 0 Å². The first-order chi connectivity index (χ1) is 13.6. The molecule has 0 saturated carbocycles. The number of hydrogen-bond acceptors (Lipinski definition) is 8. The third-order valence-electron chi connectivity index (χ3n) is 4.12. The maximum absolute atomic E-state index is 9.94. The first-order valence-electron chi connectivity index (χ1n) is 8.31. The van der Waals surface area contributed by atoms with Crippen molar-refractivity contribution in [1.82, 2.24) is 0 Å². The van der Waals surface area contributed by atoms with Crippen molar-refractivity contribution >= 4 is 60.7 Å². The molecule has 0 aliphatic heterocycles. The van der Waals surface area contributed by atoms with Crippen LogP contribution in [0.5, 0.6) is 11.5 Å². The van der Waals surface area contributed by atoms with E-state index in [1.807, 2.05) is 30.3 Å². The summed E-state index contributed by atoms with van der Waals surface area (Å²) in [5, 5.41) is 17.0. The summed E-state index contributed by atoms with van der Waals surface area (Å²) in [6, 6.07) is 13.6. The fraction of sp³-hybridized carbons (Fsp3) is 0.211. The molecule has 0 saturated heterocycles. The number of rotatable bonds is 9. The Hall–Kier alpha value is -2.34.